The van der Waals surface area contributed by atoms with E-state index in [4.69, 9.17) is 0 Å². The fourth-order valence-electron chi connectivity index (χ4n) is 2.94. The van der Waals surface area contributed by atoms with Crippen molar-refractivity contribution in [2.24, 2.45) is 17.8 Å². The molecule has 20 heavy (non-hydrogen) atoms. The highest BCUT2D eigenvalue weighted by Crippen LogP contribution is 2.38. The molecule has 3 atom stereocenters. The number of hydrogen-bond donors (Lipinski definition) is 1. The molecule has 112 valence electrons. The summed E-state index contributed by atoms with van der Waals surface area (Å²) >= 11 is 0. The van der Waals surface area contributed by atoms with Crippen LogP contribution in [0.2, 0.25) is 0 Å². The van der Waals surface area contributed by atoms with E-state index >= 15 is 0 Å². The molecule has 1 aromatic carbocycles. The average molecular weight is 275 g/mol. The lowest BCUT2D eigenvalue weighted by Gasteiger charge is -2.17. The topological polar surface area (TPSA) is 29.1 Å². The molecule has 2 nitrogen and oxygen atoms in total. The van der Waals surface area contributed by atoms with E-state index in [1.807, 2.05) is 44.2 Å². The minimum Gasteiger partial charge on any atom is -0.326 e. The summed E-state index contributed by atoms with van der Waals surface area (Å²) in [6, 6.07) is 9.69. The summed E-state index contributed by atoms with van der Waals surface area (Å²) < 4.78 is 0. The zero-order valence-corrected chi connectivity index (χ0v) is 13.4. The molecule has 1 N–H and O–H groups in total. The van der Waals surface area contributed by atoms with Gasteiger partial charge in [0.15, 0.2) is 0 Å². The second kappa shape index (κ2) is 8.78. The minimum absolute atomic E-state index is 0.146. The monoisotopic (exact) mass is 275 g/mol. The molecule has 1 aliphatic carbocycles. The first-order valence-corrected chi connectivity index (χ1v) is 8.01. The van der Waals surface area contributed by atoms with Gasteiger partial charge in [-0.1, -0.05) is 52.3 Å². The Morgan fingerprint density at radius 2 is 1.80 bits per heavy atom. The summed E-state index contributed by atoms with van der Waals surface area (Å²) in [5.41, 5.74) is 0.898. The largest absolute Gasteiger partial charge is 0.326 e. The van der Waals surface area contributed by atoms with Crippen molar-refractivity contribution in [1.29, 1.82) is 0 Å². The quantitative estimate of drug-likeness (QED) is 0.812. The van der Waals surface area contributed by atoms with Crippen molar-refractivity contribution in [1.82, 2.24) is 0 Å². The Balaban J connectivity index is 0.000000956. The Morgan fingerprint density at radius 3 is 2.35 bits per heavy atom. The SMILES string of the molecule is CC.C[C@H]1[C@@H](CCC(=O)Nc2ccccc2)CC[C@H]1C. The third-order valence-corrected chi connectivity index (χ3v) is 4.43. The van der Waals surface area contributed by atoms with Crippen molar-refractivity contribution >= 4 is 11.6 Å². The highest BCUT2D eigenvalue weighted by atomic mass is 16.1. The van der Waals surface area contributed by atoms with Gasteiger partial charge in [0.1, 0.15) is 0 Å². The lowest BCUT2D eigenvalue weighted by molar-refractivity contribution is -0.116. The third-order valence-electron chi connectivity index (χ3n) is 4.43. The van der Waals surface area contributed by atoms with Crippen LogP contribution in [-0.4, -0.2) is 5.91 Å². The van der Waals surface area contributed by atoms with E-state index in [-0.39, 0.29) is 5.91 Å². The molecule has 1 aliphatic rings. The fraction of sp³-hybridized carbons (Fsp3) is 0.611. The molecule has 1 saturated carbocycles. The van der Waals surface area contributed by atoms with Crippen molar-refractivity contribution < 1.29 is 4.79 Å². The number of carbonyl (C=O) groups is 1. The van der Waals surface area contributed by atoms with Gasteiger partial charge in [-0.15, -0.1) is 0 Å². The van der Waals surface area contributed by atoms with Crippen LogP contribution in [-0.2, 0) is 4.79 Å². The van der Waals surface area contributed by atoms with Gasteiger partial charge in [-0.2, -0.15) is 0 Å². The van der Waals surface area contributed by atoms with Crippen LogP contribution >= 0.6 is 0 Å². The highest BCUT2D eigenvalue weighted by molar-refractivity contribution is 5.90. The van der Waals surface area contributed by atoms with Gasteiger partial charge in [-0.3, -0.25) is 4.79 Å². The molecule has 0 unspecified atom stereocenters. The number of amides is 1. The second-order valence-corrected chi connectivity index (χ2v) is 5.63. The van der Waals surface area contributed by atoms with Crippen molar-refractivity contribution in [2.75, 3.05) is 5.32 Å². The minimum atomic E-state index is 0.146. The normalized spacial score (nSPS) is 24.7. The maximum atomic E-state index is 11.8. The van der Waals surface area contributed by atoms with Crippen LogP contribution in [0.15, 0.2) is 30.3 Å². The molecule has 0 radical (unpaired) electrons. The Morgan fingerprint density at radius 1 is 1.15 bits per heavy atom. The first-order chi connectivity index (χ1) is 9.66. The maximum absolute atomic E-state index is 11.8. The van der Waals surface area contributed by atoms with E-state index in [9.17, 15) is 4.79 Å². The van der Waals surface area contributed by atoms with E-state index in [1.165, 1.54) is 12.8 Å². The molecule has 1 fully saturated rings. The standard InChI is InChI=1S/C16H23NO.C2H6/c1-12-8-9-14(13(12)2)10-11-16(18)17-15-6-4-3-5-7-15;1-2/h3-7,12-14H,8-11H2,1-2H3,(H,17,18);1-2H3/t12-,13-,14-;/m1./s1. The fourth-order valence-corrected chi connectivity index (χ4v) is 2.94. The number of para-hydroxylation sites is 1. The smallest absolute Gasteiger partial charge is 0.224 e. The lowest BCUT2D eigenvalue weighted by Crippen LogP contribution is -2.15. The van der Waals surface area contributed by atoms with Crippen LogP contribution in [0.1, 0.15) is 53.4 Å². The number of hydrogen-bond acceptors (Lipinski definition) is 1. The van der Waals surface area contributed by atoms with Gasteiger partial charge in [-0.25, -0.2) is 0 Å². The predicted octanol–water partition coefficient (Wildman–Crippen LogP) is 5.11. The Labute approximate surface area is 124 Å². The van der Waals surface area contributed by atoms with E-state index in [1.54, 1.807) is 0 Å². The molecule has 1 aromatic rings. The third kappa shape index (κ3) is 4.99. The van der Waals surface area contributed by atoms with Gasteiger partial charge in [0.25, 0.3) is 0 Å². The number of rotatable bonds is 4. The van der Waals surface area contributed by atoms with Crippen LogP contribution in [0, 0.1) is 17.8 Å². The van der Waals surface area contributed by atoms with Gasteiger partial charge in [0.2, 0.25) is 5.91 Å². The Hall–Kier alpha value is -1.31. The molecule has 0 aromatic heterocycles. The number of anilines is 1. The van der Waals surface area contributed by atoms with Gasteiger partial charge >= 0.3 is 0 Å². The maximum Gasteiger partial charge on any atom is 0.224 e. The molecule has 0 bridgehead atoms. The Bertz CT molecular complexity index is 388. The van der Waals surface area contributed by atoms with Gasteiger partial charge in [0, 0.05) is 12.1 Å². The van der Waals surface area contributed by atoms with Crippen molar-refractivity contribution in [3.8, 4) is 0 Å². The lowest BCUT2D eigenvalue weighted by atomic mass is 9.89. The summed E-state index contributed by atoms with van der Waals surface area (Å²) in [6.45, 7) is 8.66. The van der Waals surface area contributed by atoms with Crippen molar-refractivity contribution in [3.05, 3.63) is 30.3 Å². The summed E-state index contributed by atoms with van der Waals surface area (Å²) in [7, 11) is 0. The molecule has 0 aliphatic heterocycles. The van der Waals surface area contributed by atoms with Crippen LogP contribution in [0.3, 0.4) is 0 Å². The number of benzene rings is 1. The van der Waals surface area contributed by atoms with Crippen molar-refractivity contribution in [3.63, 3.8) is 0 Å². The molecular formula is C18H29NO. The molecular weight excluding hydrogens is 246 g/mol. The number of carbonyl (C=O) groups excluding carboxylic acids is 1. The van der Waals surface area contributed by atoms with E-state index in [0.29, 0.717) is 6.42 Å². The van der Waals surface area contributed by atoms with E-state index in [2.05, 4.69) is 19.2 Å². The molecule has 0 spiro atoms. The van der Waals surface area contributed by atoms with Gasteiger partial charge in [-0.05, 0) is 42.7 Å². The van der Waals surface area contributed by atoms with Gasteiger partial charge in [0.05, 0.1) is 0 Å². The second-order valence-electron chi connectivity index (χ2n) is 5.63. The summed E-state index contributed by atoms with van der Waals surface area (Å²) in [6.07, 6.45) is 4.30. The van der Waals surface area contributed by atoms with E-state index in [0.717, 1.165) is 29.9 Å². The van der Waals surface area contributed by atoms with Gasteiger partial charge < -0.3 is 5.32 Å². The highest BCUT2D eigenvalue weighted by Gasteiger charge is 2.29. The summed E-state index contributed by atoms with van der Waals surface area (Å²) in [5.74, 6) is 2.48. The molecule has 1 amide bonds. The predicted molar refractivity (Wildman–Crippen MR) is 86.7 cm³/mol. The summed E-state index contributed by atoms with van der Waals surface area (Å²) in [5, 5.41) is 2.95. The molecule has 2 rings (SSSR count). The first-order valence-electron chi connectivity index (χ1n) is 8.01. The molecule has 2 heteroatoms. The first kappa shape index (κ1) is 16.7. The number of nitrogens with one attached hydrogen (secondary N) is 1. The molecule has 0 saturated heterocycles. The van der Waals surface area contributed by atoms with Crippen LogP contribution in [0.5, 0.6) is 0 Å². The van der Waals surface area contributed by atoms with E-state index < -0.39 is 0 Å². The summed E-state index contributed by atoms with van der Waals surface area (Å²) in [4.78, 5) is 11.8. The Kier molecular flexibility index (Phi) is 7.35. The zero-order chi connectivity index (χ0) is 15.0. The molecule has 0 heterocycles. The van der Waals surface area contributed by atoms with Crippen molar-refractivity contribution in [2.45, 2.75) is 53.4 Å². The average Bonchev–Trinajstić information content (AvgIpc) is 2.80. The zero-order valence-electron chi connectivity index (χ0n) is 13.4. The van der Waals surface area contributed by atoms with Crippen LogP contribution < -0.4 is 5.32 Å². The van der Waals surface area contributed by atoms with Crippen LogP contribution in [0.25, 0.3) is 0 Å². The van der Waals surface area contributed by atoms with Crippen LogP contribution in [0.4, 0.5) is 5.69 Å².